The monoisotopic (exact) mass is 380 g/mol. The molecule has 0 N–H and O–H groups in total. The van der Waals surface area contributed by atoms with E-state index in [2.05, 4.69) is 15.9 Å². The minimum absolute atomic E-state index is 0.113. The summed E-state index contributed by atoms with van der Waals surface area (Å²) in [6.45, 7) is 1.31. The van der Waals surface area contributed by atoms with Gasteiger partial charge < -0.3 is 9.47 Å². The van der Waals surface area contributed by atoms with Crippen molar-refractivity contribution < 1.29 is 23.5 Å². The molecule has 2 aromatic carbocycles. The molecule has 0 aliphatic rings. The fraction of sp³-hybridized carbons (Fsp3) is 0.176. The van der Waals surface area contributed by atoms with Crippen molar-refractivity contribution in [2.45, 2.75) is 13.5 Å². The predicted octanol–water partition coefficient (Wildman–Crippen LogP) is 4.16. The molecule has 23 heavy (non-hydrogen) atoms. The SMILES string of the molecule is COc1ccc(C(C)=O)cc1COC(=O)c1cc(Br)ccc1F. The number of ketones is 1. The van der Waals surface area contributed by atoms with Gasteiger partial charge >= 0.3 is 5.97 Å². The van der Waals surface area contributed by atoms with Crippen LogP contribution in [0.5, 0.6) is 5.75 Å². The lowest BCUT2D eigenvalue weighted by Crippen LogP contribution is -2.09. The molecule has 0 aliphatic carbocycles. The highest BCUT2D eigenvalue weighted by Crippen LogP contribution is 2.22. The van der Waals surface area contributed by atoms with Gasteiger partial charge in [-0.05, 0) is 43.3 Å². The Morgan fingerprint density at radius 1 is 1.17 bits per heavy atom. The van der Waals surface area contributed by atoms with Crippen molar-refractivity contribution in [3.63, 3.8) is 0 Å². The lowest BCUT2D eigenvalue weighted by atomic mass is 10.1. The van der Waals surface area contributed by atoms with E-state index in [0.717, 1.165) is 0 Å². The quantitative estimate of drug-likeness (QED) is 0.577. The average Bonchev–Trinajstić information content (AvgIpc) is 2.54. The number of hydrogen-bond acceptors (Lipinski definition) is 4. The highest BCUT2D eigenvalue weighted by atomic mass is 79.9. The third kappa shape index (κ3) is 4.16. The van der Waals surface area contributed by atoms with Crippen molar-refractivity contribution in [3.05, 3.63) is 63.4 Å². The molecule has 0 amide bonds. The average molecular weight is 381 g/mol. The van der Waals surface area contributed by atoms with Gasteiger partial charge in [0.2, 0.25) is 0 Å². The number of rotatable bonds is 5. The number of carbonyl (C=O) groups is 2. The predicted molar refractivity (Wildman–Crippen MR) is 86.2 cm³/mol. The number of Topliss-reactive ketones (excluding diaryl/α,β-unsaturated/α-hetero) is 1. The van der Waals surface area contributed by atoms with Gasteiger partial charge in [-0.1, -0.05) is 15.9 Å². The van der Waals surface area contributed by atoms with Gasteiger partial charge in [0.05, 0.1) is 12.7 Å². The molecule has 6 heteroatoms. The Bertz CT molecular complexity index is 758. The molecular formula is C17H14BrFO4. The fourth-order valence-electron chi connectivity index (χ4n) is 1.99. The van der Waals surface area contributed by atoms with Crippen LogP contribution in [-0.2, 0) is 11.3 Å². The number of benzene rings is 2. The molecule has 0 heterocycles. The van der Waals surface area contributed by atoms with Gasteiger partial charge in [0.15, 0.2) is 5.78 Å². The molecule has 4 nitrogen and oxygen atoms in total. The Kier molecular flexibility index (Phi) is 5.50. The van der Waals surface area contributed by atoms with Gasteiger partial charge in [-0.25, -0.2) is 9.18 Å². The minimum Gasteiger partial charge on any atom is -0.496 e. The van der Waals surface area contributed by atoms with Crippen LogP contribution in [0.15, 0.2) is 40.9 Å². The normalized spacial score (nSPS) is 10.3. The maximum Gasteiger partial charge on any atom is 0.341 e. The lowest BCUT2D eigenvalue weighted by molar-refractivity contribution is 0.0464. The molecule has 0 radical (unpaired) electrons. The molecule has 0 saturated heterocycles. The van der Waals surface area contributed by atoms with Crippen molar-refractivity contribution >= 4 is 27.7 Å². The van der Waals surface area contributed by atoms with Gasteiger partial charge in [0, 0.05) is 15.6 Å². The molecule has 0 fully saturated rings. The standard InChI is InChI=1S/C17H14BrFO4/c1-10(20)11-3-6-16(22-2)12(7-11)9-23-17(21)14-8-13(18)4-5-15(14)19/h3-8H,9H2,1-2H3. The molecule has 0 spiro atoms. The summed E-state index contributed by atoms with van der Waals surface area (Å²) in [6, 6.07) is 8.86. The second-order valence-electron chi connectivity index (χ2n) is 4.78. The Morgan fingerprint density at radius 2 is 1.91 bits per heavy atom. The zero-order valence-electron chi connectivity index (χ0n) is 12.6. The van der Waals surface area contributed by atoms with E-state index in [0.29, 0.717) is 21.3 Å². The number of esters is 1. The zero-order valence-corrected chi connectivity index (χ0v) is 14.1. The number of hydrogen-bond donors (Lipinski definition) is 0. The zero-order chi connectivity index (χ0) is 17.0. The first-order valence-electron chi connectivity index (χ1n) is 6.72. The number of ether oxygens (including phenoxy) is 2. The van der Waals surface area contributed by atoms with Crippen molar-refractivity contribution in [2.75, 3.05) is 7.11 Å². The number of carbonyl (C=O) groups excluding carboxylic acids is 2. The number of methoxy groups -OCH3 is 1. The Balaban J connectivity index is 2.19. The molecule has 0 bridgehead atoms. The first kappa shape index (κ1) is 17.1. The maximum absolute atomic E-state index is 13.7. The summed E-state index contributed by atoms with van der Waals surface area (Å²) in [4.78, 5) is 23.5. The van der Waals surface area contributed by atoms with Gasteiger partial charge in [0.1, 0.15) is 18.2 Å². The molecule has 0 saturated carbocycles. The van der Waals surface area contributed by atoms with Gasteiger partial charge in [-0.3, -0.25) is 4.79 Å². The van der Waals surface area contributed by atoms with Crippen LogP contribution < -0.4 is 4.74 Å². The third-order valence-electron chi connectivity index (χ3n) is 3.19. The topological polar surface area (TPSA) is 52.6 Å². The van der Waals surface area contributed by atoms with Crippen LogP contribution in [0, 0.1) is 5.82 Å². The van der Waals surface area contributed by atoms with Crippen LogP contribution >= 0.6 is 15.9 Å². The second-order valence-corrected chi connectivity index (χ2v) is 5.70. The molecule has 0 unspecified atom stereocenters. The highest BCUT2D eigenvalue weighted by molar-refractivity contribution is 9.10. The Labute approximate surface area is 141 Å². The van der Waals surface area contributed by atoms with Crippen LogP contribution in [0.1, 0.15) is 33.2 Å². The van der Waals surface area contributed by atoms with Crippen LogP contribution in [0.25, 0.3) is 0 Å². The summed E-state index contributed by atoms with van der Waals surface area (Å²) in [5.74, 6) is -1.09. The van der Waals surface area contributed by atoms with Crippen LogP contribution in [0.2, 0.25) is 0 Å². The van der Waals surface area contributed by atoms with E-state index in [1.165, 1.54) is 32.2 Å². The van der Waals surface area contributed by atoms with E-state index in [9.17, 15) is 14.0 Å². The second kappa shape index (κ2) is 7.37. The van der Waals surface area contributed by atoms with E-state index in [1.807, 2.05) is 0 Å². The first-order chi connectivity index (χ1) is 10.9. The van der Waals surface area contributed by atoms with Gasteiger partial charge in [-0.2, -0.15) is 0 Å². The Hall–Kier alpha value is -2.21. The third-order valence-corrected chi connectivity index (χ3v) is 3.69. The summed E-state index contributed by atoms with van der Waals surface area (Å²) in [6.07, 6.45) is 0. The van der Waals surface area contributed by atoms with Crippen LogP contribution in [0.3, 0.4) is 0 Å². The maximum atomic E-state index is 13.7. The van der Waals surface area contributed by atoms with Crippen molar-refractivity contribution in [1.29, 1.82) is 0 Å². The van der Waals surface area contributed by atoms with E-state index >= 15 is 0 Å². The molecule has 2 rings (SSSR count). The molecule has 0 atom stereocenters. The van der Waals surface area contributed by atoms with Gasteiger partial charge in [0.25, 0.3) is 0 Å². The summed E-state index contributed by atoms with van der Waals surface area (Å²) in [5.41, 5.74) is 0.843. The van der Waals surface area contributed by atoms with E-state index in [1.54, 1.807) is 18.2 Å². The molecular weight excluding hydrogens is 367 g/mol. The fourth-order valence-corrected chi connectivity index (χ4v) is 2.35. The van der Waals surface area contributed by atoms with E-state index < -0.39 is 11.8 Å². The highest BCUT2D eigenvalue weighted by Gasteiger charge is 2.15. The summed E-state index contributed by atoms with van der Waals surface area (Å²) in [7, 11) is 1.47. The summed E-state index contributed by atoms with van der Waals surface area (Å²) < 4.78 is 24.6. The van der Waals surface area contributed by atoms with Gasteiger partial charge in [-0.15, -0.1) is 0 Å². The van der Waals surface area contributed by atoms with Crippen molar-refractivity contribution in [2.24, 2.45) is 0 Å². The smallest absolute Gasteiger partial charge is 0.341 e. The first-order valence-corrected chi connectivity index (χ1v) is 7.51. The van der Waals surface area contributed by atoms with Crippen LogP contribution in [0.4, 0.5) is 4.39 Å². The molecule has 120 valence electrons. The Morgan fingerprint density at radius 3 is 2.57 bits per heavy atom. The lowest BCUT2D eigenvalue weighted by Gasteiger charge is -2.11. The molecule has 2 aromatic rings. The van der Waals surface area contributed by atoms with Crippen molar-refractivity contribution in [3.8, 4) is 5.75 Å². The summed E-state index contributed by atoms with van der Waals surface area (Å²) >= 11 is 3.18. The molecule has 0 aliphatic heterocycles. The largest absolute Gasteiger partial charge is 0.496 e. The van der Waals surface area contributed by atoms with Crippen molar-refractivity contribution in [1.82, 2.24) is 0 Å². The minimum atomic E-state index is -0.793. The number of halogens is 2. The van der Waals surface area contributed by atoms with Crippen LogP contribution in [-0.4, -0.2) is 18.9 Å². The summed E-state index contributed by atoms with van der Waals surface area (Å²) in [5, 5.41) is 0. The van der Waals surface area contributed by atoms with E-state index in [4.69, 9.17) is 9.47 Å². The van der Waals surface area contributed by atoms with E-state index in [-0.39, 0.29) is 18.0 Å². The molecule has 0 aromatic heterocycles.